The number of hydrogen-bond acceptors (Lipinski definition) is 3. The minimum atomic E-state index is -4.38. The van der Waals surface area contributed by atoms with Gasteiger partial charge >= 0.3 is 6.18 Å². The normalized spacial score (nSPS) is 14.8. The van der Waals surface area contributed by atoms with Crippen molar-refractivity contribution in [1.29, 1.82) is 0 Å². The van der Waals surface area contributed by atoms with Gasteiger partial charge in [-0.15, -0.1) is 0 Å². The molecular weight excluding hydrogens is 375 g/mol. The third-order valence-corrected chi connectivity index (χ3v) is 4.79. The van der Waals surface area contributed by atoms with E-state index in [1.807, 2.05) is 29.2 Å². The van der Waals surface area contributed by atoms with Gasteiger partial charge in [0.15, 0.2) is 5.11 Å². The zero-order chi connectivity index (χ0) is 19.4. The molecule has 4 nitrogen and oxygen atoms in total. The lowest BCUT2D eigenvalue weighted by molar-refractivity contribution is -0.137. The number of thiocarbonyl (C=S) groups is 1. The van der Waals surface area contributed by atoms with Gasteiger partial charge in [-0.05, 0) is 42.5 Å². The fourth-order valence-corrected chi connectivity index (χ4v) is 3.32. The van der Waals surface area contributed by atoms with Gasteiger partial charge in [0.25, 0.3) is 0 Å². The van der Waals surface area contributed by atoms with Crippen LogP contribution >= 0.6 is 12.2 Å². The quantitative estimate of drug-likeness (QED) is 0.785. The van der Waals surface area contributed by atoms with Gasteiger partial charge in [0, 0.05) is 31.9 Å². The molecule has 1 heterocycles. The summed E-state index contributed by atoms with van der Waals surface area (Å²) in [4.78, 5) is 4.17. The topological polar surface area (TPSA) is 27.7 Å². The van der Waals surface area contributed by atoms with Crippen molar-refractivity contribution < 1.29 is 17.9 Å². The molecule has 0 unspecified atom stereocenters. The Morgan fingerprint density at radius 3 is 2.41 bits per heavy atom. The van der Waals surface area contributed by atoms with Gasteiger partial charge in [-0.2, -0.15) is 13.2 Å². The van der Waals surface area contributed by atoms with Crippen molar-refractivity contribution in [2.24, 2.45) is 0 Å². The molecule has 1 N–H and O–H groups in total. The number of alkyl halides is 3. The van der Waals surface area contributed by atoms with E-state index < -0.39 is 11.7 Å². The summed E-state index contributed by atoms with van der Waals surface area (Å²) in [5.41, 5.74) is 0.662. The molecule has 0 saturated carbocycles. The van der Waals surface area contributed by atoms with Crippen LogP contribution in [0.15, 0.2) is 48.5 Å². The molecule has 1 aliphatic heterocycles. The Kier molecular flexibility index (Phi) is 5.74. The van der Waals surface area contributed by atoms with Crippen LogP contribution < -0.4 is 15.0 Å². The average Bonchev–Trinajstić information content (AvgIpc) is 2.67. The molecule has 3 rings (SSSR count). The molecule has 0 amide bonds. The van der Waals surface area contributed by atoms with Crippen LogP contribution in [0.1, 0.15) is 5.56 Å². The molecule has 1 fully saturated rings. The van der Waals surface area contributed by atoms with Crippen LogP contribution in [0.3, 0.4) is 0 Å². The lowest BCUT2D eigenvalue weighted by Gasteiger charge is -2.37. The monoisotopic (exact) mass is 395 g/mol. The molecule has 0 atom stereocenters. The fourth-order valence-electron chi connectivity index (χ4n) is 3.02. The first-order valence-electron chi connectivity index (χ1n) is 8.49. The van der Waals surface area contributed by atoms with E-state index >= 15 is 0 Å². The highest BCUT2D eigenvalue weighted by Gasteiger charge is 2.30. The summed E-state index contributed by atoms with van der Waals surface area (Å²) < 4.78 is 43.9. The van der Waals surface area contributed by atoms with Gasteiger partial charge in [-0.1, -0.05) is 18.2 Å². The molecule has 1 saturated heterocycles. The number of methoxy groups -OCH3 is 1. The number of nitrogens with one attached hydrogen (secondary N) is 1. The molecule has 0 aromatic heterocycles. The minimum Gasteiger partial charge on any atom is -0.495 e. The largest absolute Gasteiger partial charge is 0.495 e. The van der Waals surface area contributed by atoms with E-state index in [1.165, 1.54) is 6.07 Å². The first kappa shape index (κ1) is 19.3. The summed E-state index contributed by atoms with van der Waals surface area (Å²) in [6.45, 7) is 2.82. The predicted molar refractivity (Wildman–Crippen MR) is 104 cm³/mol. The van der Waals surface area contributed by atoms with E-state index in [-0.39, 0.29) is 0 Å². The Morgan fingerprint density at radius 2 is 1.74 bits per heavy atom. The lowest BCUT2D eigenvalue weighted by Crippen LogP contribution is -2.50. The van der Waals surface area contributed by atoms with Crippen molar-refractivity contribution in [1.82, 2.24) is 4.90 Å². The number of benzene rings is 2. The van der Waals surface area contributed by atoms with Crippen LogP contribution in [0.25, 0.3) is 0 Å². The maximum atomic E-state index is 12.8. The molecule has 144 valence electrons. The molecule has 8 heteroatoms. The van der Waals surface area contributed by atoms with Crippen molar-refractivity contribution in [3.8, 4) is 5.75 Å². The number of hydrogen-bond donors (Lipinski definition) is 1. The van der Waals surface area contributed by atoms with Crippen LogP contribution in [0.5, 0.6) is 5.75 Å². The number of para-hydroxylation sites is 2. The van der Waals surface area contributed by atoms with Crippen molar-refractivity contribution in [3.05, 3.63) is 54.1 Å². The maximum Gasteiger partial charge on any atom is 0.416 e. The van der Waals surface area contributed by atoms with Gasteiger partial charge in [-0.25, -0.2) is 0 Å². The number of halogens is 3. The summed E-state index contributed by atoms with van der Waals surface area (Å²) in [5.74, 6) is 0.815. The highest BCUT2D eigenvalue weighted by atomic mass is 32.1. The Balaban J connectivity index is 1.61. The number of rotatable bonds is 3. The Bertz CT molecular complexity index is 805. The van der Waals surface area contributed by atoms with Crippen LogP contribution in [-0.2, 0) is 6.18 Å². The second-order valence-electron chi connectivity index (χ2n) is 6.15. The highest BCUT2D eigenvalue weighted by molar-refractivity contribution is 7.80. The molecule has 27 heavy (non-hydrogen) atoms. The fraction of sp³-hybridized carbons (Fsp3) is 0.316. The van der Waals surface area contributed by atoms with E-state index in [0.29, 0.717) is 23.9 Å². The van der Waals surface area contributed by atoms with E-state index in [9.17, 15) is 13.2 Å². The predicted octanol–water partition coefficient (Wildman–Crippen LogP) is 4.23. The third kappa shape index (κ3) is 4.63. The standard InChI is InChI=1S/C19H20F3N3OS/c1-26-17-8-3-2-7-16(17)24-9-11-25(12-10-24)18(27)23-15-6-4-5-14(13-15)19(20,21)22/h2-8,13H,9-12H2,1H3,(H,23,27). The zero-order valence-corrected chi connectivity index (χ0v) is 15.6. The van der Waals surface area contributed by atoms with E-state index in [2.05, 4.69) is 10.2 Å². The van der Waals surface area contributed by atoms with Crippen molar-refractivity contribution in [2.75, 3.05) is 43.5 Å². The van der Waals surface area contributed by atoms with E-state index in [0.717, 1.165) is 36.7 Å². The van der Waals surface area contributed by atoms with Crippen molar-refractivity contribution in [2.45, 2.75) is 6.18 Å². The second kappa shape index (κ2) is 8.04. The van der Waals surface area contributed by atoms with E-state index in [1.54, 1.807) is 13.2 Å². The summed E-state index contributed by atoms with van der Waals surface area (Å²) in [5, 5.41) is 3.34. The van der Waals surface area contributed by atoms with Crippen LogP contribution in [0, 0.1) is 0 Å². The number of ether oxygens (including phenoxy) is 1. The van der Waals surface area contributed by atoms with Crippen LogP contribution in [0.4, 0.5) is 24.5 Å². The molecular formula is C19H20F3N3OS. The summed E-state index contributed by atoms with van der Waals surface area (Å²) >= 11 is 5.39. The smallest absolute Gasteiger partial charge is 0.416 e. The minimum absolute atomic E-state index is 0.335. The molecule has 2 aromatic carbocycles. The Hall–Kier alpha value is -2.48. The number of anilines is 2. The molecule has 0 bridgehead atoms. The number of nitrogens with zero attached hydrogens (tertiary/aromatic N) is 2. The second-order valence-corrected chi connectivity index (χ2v) is 6.54. The van der Waals surface area contributed by atoms with Gasteiger partial charge in [-0.3, -0.25) is 0 Å². The lowest BCUT2D eigenvalue weighted by atomic mass is 10.2. The van der Waals surface area contributed by atoms with Crippen molar-refractivity contribution in [3.63, 3.8) is 0 Å². The van der Waals surface area contributed by atoms with Crippen molar-refractivity contribution >= 4 is 28.7 Å². The van der Waals surface area contributed by atoms with Gasteiger partial charge in [0.05, 0.1) is 18.4 Å². The molecule has 2 aromatic rings. The van der Waals surface area contributed by atoms with Crippen LogP contribution in [-0.4, -0.2) is 43.3 Å². The average molecular weight is 395 g/mol. The number of piperazine rings is 1. The molecule has 0 aliphatic carbocycles. The van der Waals surface area contributed by atoms with Gasteiger partial charge in [0.1, 0.15) is 5.75 Å². The Labute approximate surface area is 161 Å². The first-order valence-corrected chi connectivity index (χ1v) is 8.90. The molecule has 0 radical (unpaired) electrons. The zero-order valence-electron chi connectivity index (χ0n) is 14.8. The first-order chi connectivity index (χ1) is 12.9. The van der Waals surface area contributed by atoms with E-state index in [4.69, 9.17) is 17.0 Å². The SMILES string of the molecule is COc1ccccc1N1CCN(C(=S)Nc2cccc(C(F)(F)F)c2)CC1. The maximum absolute atomic E-state index is 12.8. The van der Waals surface area contributed by atoms with Crippen LogP contribution in [0.2, 0.25) is 0 Å². The summed E-state index contributed by atoms with van der Waals surface area (Å²) in [6.07, 6.45) is -4.38. The highest BCUT2D eigenvalue weighted by Crippen LogP contribution is 2.31. The third-order valence-electron chi connectivity index (χ3n) is 4.43. The van der Waals surface area contributed by atoms with Gasteiger partial charge < -0.3 is 19.9 Å². The summed E-state index contributed by atoms with van der Waals surface area (Å²) in [6, 6.07) is 12.9. The molecule has 1 aliphatic rings. The summed E-state index contributed by atoms with van der Waals surface area (Å²) in [7, 11) is 1.64. The Morgan fingerprint density at radius 1 is 1.04 bits per heavy atom. The van der Waals surface area contributed by atoms with Gasteiger partial charge in [0.2, 0.25) is 0 Å². The molecule has 0 spiro atoms.